The summed E-state index contributed by atoms with van der Waals surface area (Å²) in [6, 6.07) is 15.8. The summed E-state index contributed by atoms with van der Waals surface area (Å²) in [6.45, 7) is 1.49. The lowest BCUT2D eigenvalue weighted by Crippen LogP contribution is -2.21. The van der Waals surface area contributed by atoms with E-state index in [1.54, 1.807) is 48.5 Å². The molecule has 3 N–H and O–H groups in total. The van der Waals surface area contributed by atoms with Gasteiger partial charge in [0.05, 0.1) is 18.2 Å². The fourth-order valence-corrected chi connectivity index (χ4v) is 1.96. The van der Waals surface area contributed by atoms with Gasteiger partial charge in [-0.2, -0.15) is 5.26 Å². The van der Waals surface area contributed by atoms with Gasteiger partial charge >= 0.3 is 0 Å². The Balaban J connectivity index is 1.92. The van der Waals surface area contributed by atoms with Crippen molar-refractivity contribution in [1.29, 1.82) is 5.26 Å². The number of benzene rings is 2. The van der Waals surface area contributed by atoms with E-state index in [-0.39, 0.29) is 18.4 Å². The van der Waals surface area contributed by atoms with Crippen molar-refractivity contribution in [1.82, 2.24) is 0 Å². The van der Waals surface area contributed by atoms with Gasteiger partial charge in [-0.15, -0.1) is 0 Å². The standard InChI is InChI=1S/C17H16N4O2/c1-12(22)20-15-6-3-7-16(9-15)21-17(23)11-19-14-5-2-4-13(8-14)10-18/h2-9,19H,11H2,1H3,(H,20,22)(H,21,23). The molecular formula is C17H16N4O2. The molecule has 0 radical (unpaired) electrons. The third-order valence-corrected chi connectivity index (χ3v) is 2.91. The number of nitrogens with zero attached hydrogens (tertiary/aromatic N) is 1. The molecule has 0 bridgehead atoms. The molecule has 6 nitrogen and oxygen atoms in total. The zero-order chi connectivity index (χ0) is 16.7. The van der Waals surface area contributed by atoms with Gasteiger partial charge in [0, 0.05) is 24.0 Å². The van der Waals surface area contributed by atoms with Crippen LogP contribution in [0, 0.1) is 11.3 Å². The molecule has 0 fully saturated rings. The molecule has 0 saturated carbocycles. The Labute approximate surface area is 134 Å². The second kappa shape index (κ2) is 7.61. The van der Waals surface area contributed by atoms with Crippen molar-refractivity contribution in [2.45, 2.75) is 6.92 Å². The van der Waals surface area contributed by atoms with Gasteiger partial charge in [0.2, 0.25) is 11.8 Å². The molecule has 2 aromatic carbocycles. The van der Waals surface area contributed by atoms with Gasteiger partial charge in [0.25, 0.3) is 0 Å². The van der Waals surface area contributed by atoms with Crippen LogP contribution in [0.15, 0.2) is 48.5 Å². The van der Waals surface area contributed by atoms with Crippen molar-refractivity contribution in [2.75, 3.05) is 22.5 Å². The van der Waals surface area contributed by atoms with E-state index in [1.807, 2.05) is 6.07 Å². The van der Waals surface area contributed by atoms with Gasteiger partial charge in [0.1, 0.15) is 0 Å². The highest BCUT2D eigenvalue weighted by Gasteiger charge is 2.04. The van der Waals surface area contributed by atoms with Crippen molar-refractivity contribution in [3.05, 3.63) is 54.1 Å². The molecule has 0 aliphatic carbocycles. The summed E-state index contributed by atoms with van der Waals surface area (Å²) < 4.78 is 0. The molecule has 0 aromatic heterocycles. The normalized spacial score (nSPS) is 9.57. The molecule has 0 saturated heterocycles. The van der Waals surface area contributed by atoms with Crippen LogP contribution in [0.3, 0.4) is 0 Å². The van der Waals surface area contributed by atoms with E-state index < -0.39 is 0 Å². The average Bonchev–Trinajstić information content (AvgIpc) is 2.53. The van der Waals surface area contributed by atoms with Crippen molar-refractivity contribution in [3.63, 3.8) is 0 Å². The highest BCUT2D eigenvalue weighted by atomic mass is 16.2. The molecule has 0 unspecified atom stereocenters. The van der Waals surface area contributed by atoms with Crippen LogP contribution < -0.4 is 16.0 Å². The van der Waals surface area contributed by atoms with Crippen molar-refractivity contribution >= 4 is 28.9 Å². The molecule has 2 amide bonds. The second-order valence-corrected chi connectivity index (χ2v) is 4.86. The predicted molar refractivity (Wildman–Crippen MR) is 89.0 cm³/mol. The Morgan fingerprint density at radius 1 is 1.00 bits per heavy atom. The van der Waals surface area contributed by atoms with E-state index in [0.717, 1.165) is 0 Å². The maximum atomic E-state index is 11.9. The Kier molecular flexibility index (Phi) is 5.31. The number of nitrogens with one attached hydrogen (secondary N) is 3. The first-order chi connectivity index (χ1) is 11.1. The maximum Gasteiger partial charge on any atom is 0.243 e. The van der Waals surface area contributed by atoms with E-state index in [0.29, 0.717) is 22.6 Å². The molecule has 23 heavy (non-hydrogen) atoms. The second-order valence-electron chi connectivity index (χ2n) is 4.86. The smallest absolute Gasteiger partial charge is 0.243 e. The minimum Gasteiger partial charge on any atom is -0.376 e. The predicted octanol–water partition coefficient (Wildman–Crippen LogP) is 2.57. The Morgan fingerprint density at radius 2 is 1.65 bits per heavy atom. The van der Waals surface area contributed by atoms with Crippen LogP contribution >= 0.6 is 0 Å². The highest BCUT2D eigenvalue weighted by molar-refractivity contribution is 5.95. The summed E-state index contributed by atoms with van der Waals surface area (Å²) in [7, 11) is 0. The maximum absolute atomic E-state index is 11.9. The van der Waals surface area contributed by atoms with Crippen LogP contribution in [-0.2, 0) is 9.59 Å². The molecule has 2 aromatic rings. The summed E-state index contributed by atoms with van der Waals surface area (Å²) in [5.41, 5.74) is 2.43. The lowest BCUT2D eigenvalue weighted by Gasteiger charge is -2.09. The van der Waals surface area contributed by atoms with Crippen LogP contribution in [0.25, 0.3) is 0 Å². The number of carbonyl (C=O) groups is 2. The molecule has 2 rings (SSSR count). The molecule has 0 heterocycles. The topological polar surface area (TPSA) is 94.0 Å². The van der Waals surface area contributed by atoms with Gasteiger partial charge in [0.15, 0.2) is 0 Å². The summed E-state index contributed by atoms with van der Waals surface area (Å²) >= 11 is 0. The first-order valence-corrected chi connectivity index (χ1v) is 6.98. The average molecular weight is 308 g/mol. The minimum atomic E-state index is -0.229. The highest BCUT2D eigenvalue weighted by Crippen LogP contribution is 2.15. The van der Waals surface area contributed by atoms with E-state index >= 15 is 0 Å². The molecule has 0 aliphatic heterocycles. The van der Waals surface area contributed by atoms with Crippen LogP contribution in [-0.4, -0.2) is 18.4 Å². The quantitative estimate of drug-likeness (QED) is 0.791. The number of hydrogen-bond acceptors (Lipinski definition) is 4. The fourth-order valence-electron chi connectivity index (χ4n) is 1.96. The van der Waals surface area contributed by atoms with Gasteiger partial charge in [-0.05, 0) is 36.4 Å². The van der Waals surface area contributed by atoms with Gasteiger partial charge < -0.3 is 16.0 Å². The van der Waals surface area contributed by atoms with Crippen LogP contribution in [0.4, 0.5) is 17.1 Å². The number of nitriles is 1. The van der Waals surface area contributed by atoms with Gasteiger partial charge in [-0.3, -0.25) is 9.59 Å². The summed E-state index contributed by atoms with van der Waals surface area (Å²) in [5, 5.41) is 17.2. The zero-order valence-electron chi connectivity index (χ0n) is 12.6. The Morgan fingerprint density at radius 3 is 2.35 bits per heavy atom. The molecule has 6 heteroatoms. The fraction of sp³-hybridized carbons (Fsp3) is 0.118. The molecule has 0 aliphatic rings. The lowest BCUT2D eigenvalue weighted by molar-refractivity contribution is -0.115. The van der Waals surface area contributed by atoms with Gasteiger partial charge in [-0.25, -0.2) is 0 Å². The summed E-state index contributed by atoms with van der Waals surface area (Å²) in [5.74, 6) is -0.403. The Bertz CT molecular complexity index is 765. The summed E-state index contributed by atoms with van der Waals surface area (Å²) in [6.07, 6.45) is 0. The third-order valence-electron chi connectivity index (χ3n) is 2.91. The molecular weight excluding hydrogens is 292 g/mol. The van der Waals surface area contributed by atoms with Crippen molar-refractivity contribution < 1.29 is 9.59 Å². The van der Waals surface area contributed by atoms with Crippen LogP contribution in [0.1, 0.15) is 12.5 Å². The first-order valence-electron chi connectivity index (χ1n) is 6.98. The number of rotatable bonds is 5. The van der Waals surface area contributed by atoms with Crippen molar-refractivity contribution in [3.8, 4) is 6.07 Å². The third kappa shape index (κ3) is 5.17. The van der Waals surface area contributed by atoms with E-state index in [1.165, 1.54) is 6.92 Å². The van der Waals surface area contributed by atoms with Crippen LogP contribution in [0.2, 0.25) is 0 Å². The van der Waals surface area contributed by atoms with Crippen molar-refractivity contribution in [2.24, 2.45) is 0 Å². The van der Waals surface area contributed by atoms with E-state index in [9.17, 15) is 9.59 Å². The minimum absolute atomic E-state index is 0.0687. The summed E-state index contributed by atoms with van der Waals surface area (Å²) in [4.78, 5) is 23.0. The number of anilines is 3. The number of hydrogen-bond donors (Lipinski definition) is 3. The monoisotopic (exact) mass is 308 g/mol. The SMILES string of the molecule is CC(=O)Nc1cccc(NC(=O)CNc2cccc(C#N)c2)c1. The first kappa shape index (κ1) is 16.0. The van der Waals surface area contributed by atoms with Crippen LogP contribution in [0.5, 0.6) is 0 Å². The molecule has 116 valence electrons. The zero-order valence-corrected chi connectivity index (χ0v) is 12.6. The lowest BCUT2D eigenvalue weighted by atomic mass is 10.2. The number of amides is 2. The van der Waals surface area contributed by atoms with E-state index in [2.05, 4.69) is 16.0 Å². The largest absolute Gasteiger partial charge is 0.376 e. The van der Waals surface area contributed by atoms with Gasteiger partial charge in [-0.1, -0.05) is 12.1 Å². The molecule has 0 atom stereocenters. The molecule has 0 spiro atoms. The van der Waals surface area contributed by atoms with E-state index in [4.69, 9.17) is 5.26 Å². The number of carbonyl (C=O) groups excluding carboxylic acids is 2. The Hall–Kier alpha value is -3.33.